The van der Waals surface area contributed by atoms with Gasteiger partial charge in [0.25, 0.3) is 0 Å². The second-order valence-electron chi connectivity index (χ2n) is 3.99. The lowest BCUT2D eigenvalue weighted by Gasteiger charge is -2.07. The molecule has 20 heavy (non-hydrogen) atoms. The van der Waals surface area contributed by atoms with Crippen LogP contribution in [0.3, 0.4) is 0 Å². The van der Waals surface area contributed by atoms with Crippen molar-refractivity contribution in [3.8, 4) is 5.75 Å². The van der Waals surface area contributed by atoms with Crippen molar-refractivity contribution in [1.29, 1.82) is 0 Å². The van der Waals surface area contributed by atoms with Gasteiger partial charge in [-0.2, -0.15) is 8.42 Å². The molecule has 0 aliphatic heterocycles. The van der Waals surface area contributed by atoms with E-state index in [1.807, 2.05) is 0 Å². The molecule has 0 saturated carbocycles. The van der Waals surface area contributed by atoms with Gasteiger partial charge in [-0.05, 0) is 29.8 Å². The van der Waals surface area contributed by atoms with Gasteiger partial charge in [0.1, 0.15) is 17.3 Å². The lowest BCUT2D eigenvalue weighted by atomic mass is 10.2. The monoisotopic (exact) mass is 302 g/mol. The van der Waals surface area contributed by atoms with E-state index in [1.54, 1.807) is 0 Å². The molecule has 0 aliphatic carbocycles. The van der Waals surface area contributed by atoms with Crippen molar-refractivity contribution in [3.05, 3.63) is 65.5 Å². The molecular formula is C13H9F3O3S. The highest BCUT2D eigenvalue weighted by Gasteiger charge is 2.15. The Hall–Kier alpha value is -2.02. The summed E-state index contributed by atoms with van der Waals surface area (Å²) in [6, 6.07) is 7.21. The van der Waals surface area contributed by atoms with E-state index in [-0.39, 0.29) is 5.75 Å². The molecule has 106 valence electrons. The molecule has 0 aromatic heterocycles. The van der Waals surface area contributed by atoms with E-state index in [1.165, 1.54) is 12.1 Å². The van der Waals surface area contributed by atoms with Gasteiger partial charge in [0, 0.05) is 6.07 Å². The second kappa shape index (κ2) is 5.54. The first-order chi connectivity index (χ1) is 9.35. The number of halogens is 3. The van der Waals surface area contributed by atoms with Gasteiger partial charge in [0.2, 0.25) is 0 Å². The third kappa shape index (κ3) is 3.74. The van der Waals surface area contributed by atoms with Crippen LogP contribution in [0.15, 0.2) is 42.5 Å². The molecule has 2 rings (SSSR count). The number of hydrogen-bond donors (Lipinski definition) is 0. The van der Waals surface area contributed by atoms with E-state index < -0.39 is 33.3 Å². The Morgan fingerprint density at radius 1 is 0.900 bits per heavy atom. The van der Waals surface area contributed by atoms with Crippen LogP contribution in [-0.4, -0.2) is 8.42 Å². The molecule has 0 fully saturated rings. The van der Waals surface area contributed by atoms with Crippen molar-refractivity contribution in [2.24, 2.45) is 0 Å². The largest absolute Gasteiger partial charge is 0.382 e. The maximum absolute atomic E-state index is 12.9. The van der Waals surface area contributed by atoms with Gasteiger partial charge >= 0.3 is 10.1 Å². The molecule has 0 unspecified atom stereocenters. The summed E-state index contributed by atoms with van der Waals surface area (Å²) in [5.41, 5.74) is 0.314. The van der Waals surface area contributed by atoms with Gasteiger partial charge in [0.15, 0.2) is 11.6 Å². The summed E-state index contributed by atoms with van der Waals surface area (Å²) in [7, 11) is -4.04. The molecule has 0 bridgehead atoms. The zero-order chi connectivity index (χ0) is 14.8. The van der Waals surface area contributed by atoms with Crippen LogP contribution in [0.1, 0.15) is 5.56 Å². The van der Waals surface area contributed by atoms with E-state index in [2.05, 4.69) is 4.18 Å². The quantitative estimate of drug-likeness (QED) is 0.815. The van der Waals surface area contributed by atoms with Crippen molar-refractivity contribution in [2.75, 3.05) is 0 Å². The summed E-state index contributed by atoms with van der Waals surface area (Å²) >= 11 is 0. The zero-order valence-electron chi connectivity index (χ0n) is 10.0. The number of hydrogen-bond acceptors (Lipinski definition) is 3. The second-order valence-corrected chi connectivity index (χ2v) is 5.56. The molecular weight excluding hydrogens is 293 g/mol. The Kier molecular flexibility index (Phi) is 3.99. The standard InChI is InChI=1S/C13H9F3O3S/c14-10-3-1-9(2-4-10)8-20(17,18)19-11-5-6-12(15)13(16)7-11/h1-7H,8H2. The number of benzene rings is 2. The van der Waals surface area contributed by atoms with Gasteiger partial charge in [0.05, 0.1) is 0 Å². The summed E-state index contributed by atoms with van der Waals surface area (Å²) in [6.07, 6.45) is 0. The van der Waals surface area contributed by atoms with Crippen LogP contribution >= 0.6 is 0 Å². The molecule has 7 heteroatoms. The summed E-state index contributed by atoms with van der Waals surface area (Å²) in [5.74, 6) is -3.64. The van der Waals surface area contributed by atoms with E-state index >= 15 is 0 Å². The number of rotatable bonds is 4. The Balaban J connectivity index is 2.14. The van der Waals surface area contributed by atoms with Gasteiger partial charge in [-0.25, -0.2) is 13.2 Å². The first-order valence-corrected chi connectivity index (χ1v) is 7.05. The fraction of sp³-hybridized carbons (Fsp3) is 0.0769. The minimum atomic E-state index is -4.04. The third-order valence-corrected chi connectivity index (χ3v) is 3.50. The van der Waals surface area contributed by atoms with Crippen LogP contribution in [-0.2, 0) is 15.9 Å². The predicted octanol–water partition coefficient (Wildman–Crippen LogP) is 3.01. The van der Waals surface area contributed by atoms with Gasteiger partial charge in [-0.3, -0.25) is 0 Å². The first kappa shape index (κ1) is 14.4. The van der Waals surface area contributed by atoms with E-state index in [0.29, 0.717) is 11.6 Å². The average Bonchev–Trinajstić information content (AvgIpc) is 2.36. The Morgan fingerprint density at radius 3 is 2.15 bits per heavy atom. The zero-order valence-corrected chi connectivity index (χ0v) is 10.8. The molecule has 0 N–H and O–H groups in total. The minimum absolute atomic E-state index is 0.314. The van der Waals surface area contributed by atoms with Gasteiger partial charge in [-0.15, -0.1) is 0 Å². The third-order valence-electron chi connectivity index (χ3n) is 2.37. The molecule has 0 saturated heterocycles. The molecule has 3 nitrogen and oxygen atoms in total. The van der Waals surface area contributed by atoms with Crippen LogP contribution in [0.2, 0.25) is 0 Å². The molecule has 0 aliphatic rings. The Morgan fingerprint density at radius 2 is 1.55 bits per heavy atom. The predicted molar refractivity (Wildman–Crippen MR) is 66.0 cm³/mol. The van der Waals surface area contributed by atoms with Crippen LogP contribution in [0.4, 0.5) is 13.2 Å². The van der Waals surface area contributed by atoms with Crippen LogP contribution in [0, 0.1) is 17.5 Å². The Bertz CT molecular complexity index is 712. The molecule has 0 spiro atoms. The highest BCUT2D eigenvalue weighted by Crippen LogP contribution is 2.19. The van der Waals surface area contributed by atoms with Crippen molar-refractivity contribution in [2.45, 2.75) is 5.75 Å². The van der Waals surface area contributed by atoms with E-state index in [4.69, 9.17) is 0 Å². The molecule has 2 aromatic rings. The summed E-state index contributed by atoms with van der Waals surface area (Å²) < 4.78 is 66.4. The maximum Gasteiger partial charge on any atom is 0.313 e. The van der Waals surface area contributed by atoms with Crippen molar-refractivity contribution in [3.63, 3.8) is 0 Å². The SMILES string of the molecule is O=S(=O)(Cc1ccc(F)cc1)Oc1ccc(F)c(F)c1. The highest BCUT2D eigenvalue weighted by molar-refractivity contribution is 7.86. The van der Waals surface area contributed by atoms with Gasteiger partial charge in [-0.1, -0.05) is 12.1 Å². The molecule has 0 amide bonds. The Labute approximate surface area is 113 Å². The molecule has 0 radical (unpaired) electrons. The molecule has 0 heterocycles. The molecule has 2 aromatic carbocycles. The normalized spacial score (nSPS) is 11.3. The van der Waals surface area contributed by atoms with E-state index in [9.17, 15) is 21.6 Å². The smallest absolute Gasteiger partial charge is 0.313 e. The van der Waals surface area contributed by atoms with Crippen molar-refractivity contribution < 1.29 is 25.8 Å². The lowest BCUT2D eigenvalue weighted by Crippen LogP contribution is -2.12. The highest BCUT2D eigenvalue weighted by atomic mass is 32.2. The van der Waals surface area contributed by atoms with Crippen LogP contribution in [0.25, 0.3) is 0 Å². The fourth-order valence-corrected chi connectivity index (χ4v) is 2.55. The average molecular weight is 302 g/mol. The topological polar surface area (TPSA) is 43.4 Å². The van der Waals surface area contributed by atoms with Crippen LogP contribution in [0.5, 0.6) is 5.75 Å². The van der Waals surface area contributed by atoms with E-state index in [0.717, 1.165) is 24.3 Å². The maximum atomic E-state index is 12.9. The van der Waals surface area contributed by atoms with Gasteiger partial charge < -0.3 is 4.18 Å². The summed E-state index contributed by atoms with van der Waals surface area (Å²) in [5, 5.41) is 0. The lowest BCUT2D eigenvalue weighted by molar-refractivity contribution is 0.471. The summed E-state index contributed by atoms with van der Waals surface area (Å²) in [6.45, 7) is 0. The first-order valence-electron chi connectivity index (χ1n) is 5.47. The minimum Gasteiger partial charge on any atom is -0.382 e. The fourth-order valence-electron chi connectivity index (χ4n) is 1.49. The van der Waals surface area contributed by atoms with Crippen molar-refractivity contribution >= 4 is 10.1 Å². The van der Waals surface area contributed by atoms with Crippen LogP contribution < -0.4 is 4.18 Å². The summed E-state index contributed by atoms with van der Waals surface area (Å²) in [4.78, 5) is 0. The molecule has 0 atom stereocenters. The van der Waals surface area contributed by atoms with Crippen molar-refractivity contribution in [1.82, 2.24) is 0 Å².